The fourth-order valence-electron chi connectivity index (χ4n) is 5.24. The maximum Gasteiger partial charge on any atom is 0.408 e. The lowest BCUT2D eigenvalue weighted by molar-refractivity contribution is -0.136. The molecular weight excluding hydrogens is 682 g/mol. The Morgan fingerprint density at radius 3 is 2.21 bits per heavy atom. The Hall–Kier alpha value is -4.80. The quantitative estimate of drug-likeness (QED) is 0.195. The summed E-state index contributed by atoms with van der Waals surface area (Å²) in [5.74, 6) is -3.48. The van der Waals surface area contributed by atoms with Crippen LogP contribution in [0.1, 0.15) is 61.3 Å². The van der Waals surface area contributed by atoms with E-state index in [1.54, 1.807) is 52.8 Å². The van der Waals surface area contributed by atoms with Gasteiger partial charge >= 0.3 is 18.2 Å². The number of hydrogen-bond donors (Lipinski definition) is 5. The highest BCUT2D eigenvalue weighted by Crippen LogP contribution is 2.29. The summed E-state index contributed by atoms with van der Waals surface area (Å²) in [4.78, 5) is 71.4. The van der Waals surface area contributed by atoms with Crippen LogP contribution in [0.3, 0.4) is 0 Å². The Balaban J connectivity index is 0.000000960. The van der Waals surface area contributed by atoms with Gasteiger partial charge in [0.25, 0.3) is 5.91 Å². The number of amides is 3. The topological polar surface area (TPSA) is 239 Å². The van der Waals surface area contributed by atoms with Crippen molar-refractivity contribution in [3.8, 4) is 0 Å². The van der Waals surface area contributed by atoms with Crippen LogP contribution < -0.4 is 16.4 Å². The summed E-state index contributed by atoms with van der Waals surface area (Å²) < 4.78 is 26.5. The molecule has 2 rings (SSSR count). The number of allylic oxidation sites excluding steroid dienone is 4. The van der Waals surface area contributed by atoms with Gasteiger partial charge in [-0.1, -0.05) is 38.2 Å². The number of methoxy groups -OCH3 is 3. The van der Waals surface area contributed by atoms with Gasteiger partial charge in [-0.15, -0.1) is 0 Å². The molecule has 2 bridgehead atoms. The zero-order valence-corrected chi connectivity index (χ0v) is 31.4. The number of alkyl carbamates (subject to hydrolysis) is 1. The number of carbonyl (C=O) groups excluding carboxylic acids is 5. The van der Waals surface area contributed by atoms with E-state index >= 15 is 0 Å². The van der Waals surface area contributed by atoms with Crippen LogP contribution in [0.2, 0.25) is 0 Å². The monoisotopic (exact) mass is 735 g/mol. The predicted molar refractivity (Wildman–Crippen MR) is 188 cm³/mol. The summed E-state index contributed by atoms with van der Waals surface area (Å²) in [5.41, 5.74) is 5.53. The zero-order chi connectivity index (χ0) is 39.9. The molecule has 52 heavy (non-hydrogen) atoms. The molecule has 6 atom stereocenters. The number of nitrogens with one attached hydrogen (secondary N) is 2. The van der Waals surface area contributed by atoms with Gasteiger partial charge in [0.15, 0.2) is 11.9 Å². The third-order valence-electron chi connectivity index (χ3n) is 7.73. The van der Waals surface area contributed by atoms with Crippen molar-refractivity contribution < 1.29 is 62.7 Å². The molecule has 0 saturated heterocycles. The average molecular weight is 736 g/mol. The zero-order valence-electron chi connectivity index (χ0n) is 31.4. The van der Waals surface area contributed by atoms with Crippen molar-refractivity contribution in [3.05, 3.63) is 58.6 Å². The van der Waals surface area contributed by atoms with Gasteiger partial charge in [-0.3, -0.25) is 19.2 Å². The average Bonchev–Trinajstić information content (AvgIpc) is 3.04. The minimum absolute atomic E-state index is 0.0801. The van der Waals surface area contributed by atoms with Gasteiger partial charge in [0.1, 0.15) is 18.2 Å². The van der Waals surface area contributed by atoms with Crippen LogP contribution in [0.15, 0.2) is 58.6 Å². The van der Waals surface area contributed by atoms with E-state index in [1.807, 2.05) is 6.92 Å². The highest BCUT2D eigenvalue weighted by Gasteiger charge is 2.34. The van der Waals surface area contributed by atoms with E-state index in [1.165, 1.54) is 34.3 Å². The number of hydrogen-bond acceptors (Lipinski definition) is 12. The first-order valence-electron chi connectivity index (χ1n) is 16.5. The molecule has 6 N–H and O–H groups in total. The lowest BCUT2D eigenvalue weighted by Gasteiger charge is -2.29. The van der Waals surface area contributed by atoms with E-state index in [9.17, 15) is 33.9 Å². The molecule has 16 nitrogen and oxygen atoms in total. The first kappa shape index (κ1) is 45.2. The summed E-state index contributed by atoms with van der Waals surface area (Å²) in [7, 11) is 4.21. The van der Waals surface area contributed by atoms with Gasteiger partial charge in [0, 0.05) is 37.4 Å². The fraction of sp³-hybridized carbons (Fsp3) is 0.556. The smallest absolute Gasteiger partial charge is 0.408 e. The second-order valence-electron chi connectivity index (χ2n) is 13.3. The molecule has 1 heterocycles. The number of Topliss-reactive ketones (excluding diaryl/α,β-unsaturated/α-hetero) is 1. The first-order valence-corrected chi connectivity index (χ1v) is 16.5. The molecule has 2 aliphatic rings. The molecule has 0 radical (unpaired) electrons. The molecule has 0 unspecified atom stereocenters. The van der Waals surface area contributed by atoms with Crippen LogP contribution in [0.4, 0.5) is 9.59 Å². The van der Waals surface area contributed by atoms with Crippen LogP contribution in [0.5, 0.6) is 0 Å². The summed E-state index contributed by atoms with van der Waals surface area (Å²) >= 11 is 0. The molecule has 0 aromatic carbocycles. The van der Waals surface area contributed by atoms with E-state index in [0.29, 0.717) is 12.0 Å². The Morgan fingerprint density at radius 1 is 1.06 bits per heavy atom. The van der Waals surface area contributed by atoms with E-state index in [0.717, 1.165) is 6.08 Å². The van der Waals surface area contributed by atoms with Crippen LogP contribution in [0.25, 0.3) is 0 Å². The van der Waals surface area contributed by atoms with Crippen molar-refractivity contribution in [3.63, 3.8) is 0 Å². The number of aliphatic carboxylic acids is 1. The molecule has 0 aromatic heterocycles. The summed E-state index contributed by atoms with van der Waals surface area (Å²) in [5, 5.41) is 23.9. The lowest BCUT2D eigenvalue weighted by Crippen LogP contribution is -2.37. The molecule has 16 heteroatoms. The molecule has 0 saturated carbocycles. The van der Waals surface area contributed by atoms with Gasteiger partial charge in [-0.25, -0.2) is 9.59 Å². The maximum atomic E-state index is 13.3. The molecule has 290 valence electrons. The van der Waals surface area contributed by atoms with Gasteiger partial charge in [-0.2, -0.15) is 0 Å². The standard InChI is InChI=1S/C29H40N2O9.C7H13NO4/c1-15-11-19-25(34)20(14-21(32)27(19)39-7)31-28(35)16(2)9-8-10-22(37-5)26(40-29(30)36)18(4)13-17(3)24(33)23(12-15)38-6;1-7(2,3)12-6(11)8-4-5(9)10/h8-10,13-15,17,22-24,26,33H,11-12H2,1-7H3,(H2,30,36)(H,31,35);4H2,1-3H3,(H,8,11)(H,9,10)/b10-8-,16-9+,18-13+;/t15-,17+,22+,23+,24-,26+;/m1./s1. The Kier molecular flexibility index (Phi) is 18.2. The Morgan fingerprint density at radius 2 is 1.69 bits per heavy atom. The number of ketones is 2. The van der Waals surface area contributed by atoms with Gasteiger partial charge in [0.05, 0.1) is 25.0 Å². The third kappa shape index (κ3) is 14.8. The van der Waals surface area contributed by atoms with Crippen LogP contribution in [0, 0.1) is 11.8 Å². The SMILES string of the molecule is CC(C)(C)OC(=O)NCC(=O)O.COC1=C2C[C@@H](C)C[C@H](OC)[C@H](O)[C@@H](C)/C=C(\C)[C@H](OC(N)=O)[C@@H](OC)/C=C\C=C(/C)C(=O)NC(=CC1=O)C2=O. The minimum atomic E-state index is -1.10. The predicted octanol–water partition coefficient (Wildman–Crippen LogP) is 3.00. The maximum absolute atomic E-state index is 13.3. The molecular formula is C36H53N3O13. The number of carboxylic acid groups (broad SMARTS) is 1. The second-order valence-corrected chi connectivity index (χ2v) is 13.3. The lowest BCUT2D eigenvalue weighted by atomic mass is 9.85. The van der Waals surface area contributed by atoms with E-state index in [-0.39, 0.29) is 34.9 Å². The van der Waals surface area contributed by atoms with Gasteiger partial charge in [0.2, 0.25) is 11.6 Å². The van der Waals surface area contributed by atoms with Crippen LogP contribution >= 0.6 is 0 Å². The summed E-state index contributed by atoms with van der Waals surface area (Å²) in [6.45, 7) is 11.6. The first-order chi connectivity index (χ1) is 24.1. The number of nitrogens with two attached hydrogens (primary N) is 1. The Bertz CT molecular complexity index is 1490. The molecule has 0 aromatic rings. The number of fused-ring (bicyclic) bond motifs is 2. The summed E-state index contributed by atoms with van der Waals surface area (Å²) in [6, 6.07) is 0. The van der Waals surface area contributed by atoms with Crippen molar-refractivity contribution in [2.45, 2.75) is 91.3 Å². The number of primary amides is 1. The molecule has 0 fully saturated rings. The van der Waals surface area contributed by atoms with Crippen molar-refractivity contribution in [1.29, 1.82) is 0 Å². The molecule has 3 amide bonds. The molecule has 0 spiro atoms. The molecule has 1 aliphatic carbocycles. The van der Waals surface area contributed by atoms with Crippen molar-refractivity contribution in [1.82, 2.24) is 10.6 Å². The Labute approximate surface area is 304 Å². The van der Waals surface area contributed by atoms with Crippen molar-refractivity contribution in [2.75, 3.05) is 27.9 Å². The van der Waals surface area contributed by atoms with Crippen molar-refractivity contribution >= 4 is 35.6 Å². The fourth-order valence-corrected chi connectivity index (χ4v) is 5.24. The van der Waals surface area contributed by atoms with E-state index in [2.05, 4.69) is 10.6 Å². The largest absolute Gasteiger partial charge is 0.492 e. The van der Waals surface area contributed by atoms with Crippen molar-refractivity contribution in [2.24, 2.45) is 17.6 Å². The highest BCUT2D eigenvalue weighted by atomic mass is 16.6. The molecule has 1 aliphatic heterocycles. The third-order valence-corrected chi connectivity index (χ3v) is 7.73. The van der Waals surface area contributed by atoms with Gasteiger partial charge in [-0.05, 0) is 59.0 Å². The summed E-state index contributed by atoms with van der Waals surface area (Å²) in [6.07, 6.45) is 2.90. The van der Waals surface area contributed by atoms with Crippen LogP contribution in [-0.2, 0) is 42.9 Å². The number of aliphatic hydroxyl groups is 1. The number of carbonyl (C=O) groups is 6. The second kappa shape index (κ2) is 20.9. The number of ether oxygens (including phenoxy) is 5. The number of carboxylic acids is 1. The number of rotatable bonds is 6. The van der Waals surface area contributed by atoms with Crippen LogP contribution in [-0.4, -0.2) is 104 Å². The normalized spacial score (nSPS) is 27.6. The van der Waals surface area contributed by atoms with E-state index < -0.39 is 78.1 Å². The van der Waals surface area contributed by atoms with E-state index in [4.69, 9.17) is 34.5 Å². The van der Waals surface area contributed by atoms with Gasteiger partial charge < -0.3 is 50.3 Å². The highest BCUT2D eigenvalue weighted by molar-refractivity contribution is 6.23. The number of aliphatic hydroxyl groups excluding tert-OH is 1. The minimum Gasteiger partial charge on any atom is -0.492 e.